The number of ketones is 1. The molecule has 0 heterocycles. The first-order chi connectivity index (χ1) is 8.67. The van der Waals surface area contributed by atoms with Gasteiger partial charge in [0.25, 0.3) is 0 Å². The first-order valence-corrected chi connectivity index (χ1v) is 6.44. The van der Waals surface area contributed by atoms with Gasteiger partial charge in [-0.25, -0.2) is 0 Å². The number of benzene rings is 2. The Labute approximate surface area is 115 Å². The van der Waals surface area contributed by atoms with Gasteiger partial charge in [0.05, 0.1) is 12.1 Å². The smallest absolute Gasteiger partial charge is 0.164 e. The van der Waals surface area contributed by atoms with Crippen LogP contribution in [0.15, 0.2) is 30.3 Å². The Hall–Kier alpha value is -1.25. The van der Waals surface area contributed by atoms with E-state index in [1.807, 2.05) is 18.2 Å². The highest BCUT2D eigenvalue weighted by molar-refractivity contribution is 6.37. The lowest BCUT2D eigenvalue weighted by Gasteiger charge is -2.07. The van der Waals surface area contributed by atoms with Crippen molar-refractivity contribution >= 4 is 39.8 Å². The third-order valence-corrected chi connectivity index (χ3v) is 3.36. The van der Waals surface area contributed by atoms with Crippen molar-refractivity contribution in [3.8, 4) is 5.75 Å². The molecule has 0 aliphatic rings. The molecule has 0 N–H and O–H groups in total. The summed E-state index contributed by atoms with van der Waals surface area (Å²) in [5, 5.41) is 2.35. The summed E-state index contributed by atoms with van der Waals surface area (Å²) in [5.41, 5.74) is 0.657. The van der Waals surface area contributed by atoms with Crippen LogP contribution >= 0.6 is 23.2 Å². The van der Waals surface area contributed by atoms with E-state index in [-0.39, 0.29) is 5.78 Å². The number of fused-ring (bicyclic) bond motifs is 1. The third-order valence-electron chi connectivity index (χ3n) is 2.78. The molecular formula is C14H12Cl2O2. The summed E-state index contributed by atoms with van der Waals surface area (Å²) in [6, 6.07) is 9.11. The van der Waals surface area contributed by atoms with Gasteiger partial charge >= 0.3 is 0 Å². The van der Waals surface area contributed by atoms with E-state index in [1.165, 1.54) is 0 Å². The molecule has 0 saturated heterocycles. The first kappa shape index (κ1) is 13.2. The number of alkyl halides is 1. The van der Waals surface area contributed by atoms with Crippen molar-refractivity contribution < 1.29 is 9.53 Å². The fourth-order valence-electron chi connectivity index (χ4n) is 1.83. The zero-order valence-electron chi connectivity index (χ0n) is 9.87. The number of hydrogen-bond donors (Lipinski definition) is 0. The maximum absolute atomic E-state index is 11.8. The lowest BCUT2D eigenvalue weighted by molar-refractivity contribution is 0.0989. The van der Waals surface area contributed by atoms with Crippen LogP contribution in [0.1, 0.15) is 16.8 Å². The van der Waals surface area contributed by atoms with E-state index in [4.69, 9.17) is 27.9 Å². The molecule has 2 aromatic rings. The Morgan fingerprint density at radius 1 is 1.28 bits per heavy atom. The Kier molecular flexibility index (Phi) is 4.10. The predicted molar refractivity (Wildman–Crippen MR) is 75.2 cm³/mol. The van der Waals surface area contributed by atoms with Gasteiger partial charge in [0.2, 0.25) is 0 Å². The lowest BCUT2D eigenvalue weighted by atomic mass is 10.0. The largest absolute Gasteiger partial charge is 0.495 e. The molecule has 0 atom stereocenters. The Bertz CT molecular complexity index is 594. The van der Waals surface area contributed by atoms with Gasteiger partial charge in [-0.3, -0.25) is 4.79 Å². The molecule has 0 amide bonds. The topological polar surface area (TPSA) is 26.3 Å². The quantitative estimate of drug-likeness (QED) is 0.617. The van der Waals surface area contributed by atoms with E-state index in [1.54, 1.807) is 19.2 Å². The number of rotatable bonds is 4. The second-order valence-electron chi connectivity index (χ2n) is 3.88. The minimum Gasteiger partial charge on any atom is -0.495 e. The highest BCUT2D eigenvalue weighted by Crippen LogP contribution is 2.33. The lowest BCUT2D eigenvalue weighted by Crippen LogP contribution is -1.99. The molecule has 2 nitrogen and oxygen atoms in total. The van der Waals surface area contributed by atoms with Crippen LogP contribution in [0.25, 0.3) is 10.8 Å². The van der Waals surface area contributed by atoms with Crippen molar-refractivity contribution in [2.24, 2.45) is 0 Å². The third kappa shape index (κ3) is 2.45. The second kappa shape index (κ2) is 5.59. The SMILES string of the molecule is COc1ccc2cc(C(=O)CCCl)ccc2c1Cl. The van der Waals surface area contributed by atoms with Crippen LogP contribution in [-0.4, -0.2) is 18.8 Å². The van der Waals surface area contributed by atoms with Crippen molar-refractivity contribution in [1.82, 2.24) is 0 Å². The maximum Gasteiger partial charge on any atom is 0.164 e. The van der Waals surface area contributed by atoms with Crippen LogP contribution in [0.3, 0.4) is 0 Å². The molecule has 2 rings (SSSR count). The van der Waals surface area contributed by atoms with Gasteiger partial charge in [0.1, 0.15) is 5.75 Å². The molecule has 0 unspecified atom stereocenters. The Morgan fingerprint density at radius 2 is 2.06 bits per heavy atom. The van der Waals surface area contributed by atoms with Crippen LogP contribution in [0.4, 0.5) is 0 Å². The summed E-state index contributed by atoms with van der Waals surface area (Å²) >= 11 is 11.8. The van der Waals surface area contributed by atoms with Crippen LogP contribution in [0.2, 0.25) is 5.02 Å². The molecule has 0 fully saturated rings. The minimum atomic E-state index is 0.0406. The number of hydrogen-bond acceptors (Lipinski definition) is 2. The second-order valence-corrected chi connectivity index (χ2v) is 4.64. The van der Waals surface area contributed by atoms with Gasteiger partial charge in [-0.2, -0.15) is 0 Å². The molecule has 0 radical (unpaired) electrons. The molecule has 2 aromatic carbocycles. The molecule has 4 heteroatoms. The number of Topliss-reactive ketones (excluding diaryl/α,β-unsaturated/α-hetero) is 1. The van der Waals surface area contributed by atoms with E-state index in [9.17, 15) is 4.79 Å². The van der Waals surface area contributed by atoms with E-state index < -0.39 is 0 Å². The van der Waals surface area contributed by atoms with Crippen LogP contribution < -0.4 is 4.74 Å². The van der Waals surface area contributed by atoms with Crippen molar-refractivity contribution in [1.29, 1.82) is 0 Å². The number of ether oxygens (including phenoxy) is 1. The summed E-state index contributed by atoms with van der Waals surface area (Å²) in [5.74, 6) is 1.00. The van der Waals surface area contributed by atoms with E-state index >= 15 is 0 Å². The molecule has 0 aromatic heterocycles. The van der Waals surface area contributed by atoms with Crippen molar-refractivity contribution in [3.63, 3.8) is 0 Å². The summed E-state index contributed by atoms with van der Waals surface area (Å²) in [6.45, 7) is 0. The minimum absolute atomic E-state index is 0.0406. The number of methoxy groups -OCH3 is 1. The van der Waals surface area contributed by atoms with E-state index in [0.29, 0.717) is 28.6 Å². The average molecular weight is 283 g/mol. The van der Waals surface area contributed by atoms with Crippen LogP contribution in [-0.2, 0) is 0 Å². The number of carbonyl (C=O) groups excluding carboxylic acids is 1. The van der Waals surface area contributed by atoms with Crippen LogP contribution in [0.5, 0.6) is 5.75 Å². The standard InChI is InChI=1S/C14H12Cl2O2/c1-18-13-5-3-9-8-10(12(17)6-7-15)2-4-11(9)14(13)16/h2-5,8H,6-7H2,1H3. The van der Waals surface area contributed by atoms with Crippen molar-refractivity contribution in [3.05, 3.63) is 40.9 Å². The van der Waals surface area contributed by atoms with Crippen molar-refractivity contribution in [2.75, 3.05) is 13.0 Å². The number of carbonyl (C=O) groups is 1. The Balaban J connectivity index is 2.50. The zero-order chi connectivity index (χ0) is 13.1. The van der Waals surface area contributed by atoms with Crippen LogP contribution in [0, 0.1) is 0 Å². The molecule has 0 saturated carbocycles. The fourth-order valence-corrected chi connectivity index (χ4v) is 2.32. The average Bonchev–Trinajstić information content (AvgIpc) is 2.39. The highest BCUT2D eigenvalue weighted by Gasteiger charge is 2.09. The van der Waals surface area contributed by atoms with Gasteiger partial charge in [-0.15, -0.1) is 11.6 Å². The fraction of sp³-hybridized carbons (Fsp3) is 0.214. The molecule has 0 spiro atoms. The van der Waals surface area contributed by atoms with E-state index in [2.05, 4.69) is 0 Å². The molecule has 0 aliphatic carbocycles. The summed E-state index contributed by atoms with van der Waals surface area (Å²) in [4.78, 5) is 11.8. The monoisotopic (exact) mass is 282 g/mol. The molecule has 0 bridgehead atoms. The summed E-state index contributed by atoms with van der Waals surface area (Å²) in [7, 11) is 1.57. The molecular weight excluding hydrogens is 271 g/mol. The van der Waals surface area contributed by atoms with Gasteiger partial charge in [-0.1, -0.05) is 29.8 Å². The predicted octanol–water partition coefficient (Wildman–Crippen LogP) is 4.31. The van der Waals surface area contributed by atoms with E-state index in [0.717, 1.165) is 10.8 Å². The number of halogens is 2. The van der Waals surface area contributed by atoms with Gasteiger partial charge < -0.3 is 4.74 Å². The van der Waals surface area contributed by atoms with Crippen molar-refractivity contribution in [2.45, 2.75) is 6.42 Å². The Morgan fingerprint density at radius 3 is 2.72 bits per heavy atom. The normalized spacial score (nSPS) is 10.6. The molecule has 94 valence electrons. The van der Waals surface area contributed by atoms with Gasteiger partial charge in [0, 0.05) is 23.3 Å². The van der Waals surface area contributed by atoms with Gasteiger partial charge in [0.15, 0.2) is 5.78 Å². The zero-order valence-corrected chi connectivity index (χ0v) is 11.4. The molecule has 18 heavy (non-hydrogen) atoms. The summed E-state index contributed by atoms with van der Waals surface area (Å²) in [6.07, 6.45) is 0.344. The summed E-state index contributed by atoms with van der Waals surface area (Å²) < 4.78 is 5.15. The highest BCUT2D eigenvalue weighted by atomic mass is 35.5. The first-order valence-electron chi connectivity index (χ1n) is 5.53. The maximum atomic E-state index is 11.8. The molecule has 0 aliphatic heterocycles. The van der Waals surface area contributed by atoms with Gasteiger partial charge in [-0.05, 0) is 17.5 Å².